The number of amides is 1. The quantitative estimate of drug-likeness (QED) is 0.172. The number of rotatable bonds is 14. The number of carbonyl (C=O) groups excluding carboxylic acids is 3. The van der Waals surface area contributed by atoms with E-state index in [1.165, 1.54) is 6.92 Å². The van der Waals surface area contributed by atoms with Crippen LogP contribution < -0.4 is 5.32 Å². The normalized spacial score (nSPS) is 20.3. The zero-order valence-electron chi connectivity index (χ0n) is 22.6. The average Bonchev–Trinajstić information content (AvgIpc) is 3.24. The van der Waals surface area contributed by atoms with Gasteiger partial charge in [-0.3, -0.25) is 19.2 Å². The minimum absolute atomic E-state index is 0.0906. The molecule has 0 radical (unpaired) electrons. The Bertz CT molecular complexity index is 1160. The van der Waals surface area contributed by atoms with Crippen LogP contribution in [0.1, 0.15) is 49.7 Å². The average molecular weight is 556 g/mol. The van der Waals surface area contributed by atoms with Gasteiger partial charge in [0.1, 0.15) is 5.54 Å². The molecule has 10 nitrogen and oxygen atoms in total. The summed E-state index contributed by atoms with van der Waals surface area (Å²) in [5.41, 5.74) is -0.114. The largest absolute Gasteiger partial charge is 0.481 e. The van der Waals surface area contributed by atoms with Crippen molar-refractivity contribution >= 4 is 23.8 Å². The smallest absolute Gasteiger partial charge is 0.318 e. The topological polar surface area (TPSA) is 170 Å². The Balaban J connectivity index is 1.95. The number of aliphatic hydroxyl groups excluding tert-OH is 3. The van der Waals surface area contributed by atoms with Crippen molar-refractivity contribution in [1.82, 2.24) is 5.32 Å². The molecule has 0 spiro atoms. The molecule has 6 atom stereocenters. The van der Waals surface area contributed by atoms with Crippen molar-refractivity contribution in [3.8, 4) is 0 Å². The molecule has 1 amide bonds. The van der Waals surface area contributed by atoms with E-state index in [0.717, 1.165) is 5.56 Å². The molecule has 216 valence electrons. The van der Waals surface area contributed by atoms with Gasteiger partial charge >= 0.3 is 17.9 Å². The molecule has 2 aromatic carbocycles. The molecule has 5 N–H and O–H groups in total. The third-order valence-electron chi connectivity index (χ3n) is 7.99. The number of hydrogen-bond acceptors (Lipinski definition) is 8. The lowest BCUT2D eigenvalue weighted by Crippen LogP contribution is -2.58. The van der Waals surface area contributed by atoms with E-state index in [0.29, 0.717) is 12.0 Å². The maximum Gasteiger partial charge on any atom is 0.318 e. The molecule has 40 heavy (non-hydrogen) atoms. The van der Waals surface area contributed by atoms with Gasteiger partial charge < -0.3 is 30.5 Å². The van der Waals surface area contributed by atoms with E-state index in [1.807, 2.05) is 37.3 Å². The number of aliphatic hydroxyl groups is 3. The van der Waals surface area contributed by atoms with Crippen molar-refractivity contribution in [2.75, 3.05) is 19.8 Å². The zero-order valence-corrected chi connectivity index (χ0v) is 22.6. The second kappa shape index (κ2) is 13.6. The van der Waals surface area contributed by atoms with E-state index < -0.39 is 78.8 Å². The van der Waals surface area contributed by atoms with Crippen LogP contribution in [0.4, 0.5) is 0 Å². The number of carbonyl (C=O) groups is 4. The molecular formula is C30H37NO9. The van der Waals surface area contributed by atoms with E-state index >= 15 is 0 Å². The Morgan fingerprint density at radius 3 is 1.90 bits per heavy atom. The monoisotopic (exact) mass is 555 g/mol. The molecule has 0 saturated carbocycles. The number of cyclic esters (lactones) is 2. The number of nitrogens with one attached hydrogen (secondary N) is 1. The summed E-state index contributed by atoms with van der Waals surface area (Å²) in [6.45, 7) is 1.04. The van der Waals surface area contributed by atoms with E-state index in [1.54, 1.807) is 30.3 Å². The molecule has 0 aliphatic carbocycles. The summed E-state index contributed by atoms with van der Waals surface area (Å²) in [7, 11) is 0. The lowest BCUT2D eigenvalue weighted by molar-refractivity contribution is -0.154. The van der Waals surface area contributed by atoms with Crippen LogP contribution >= 0.6 is 0 Å². The Morgan fingerprint density at radius 2 is 1.40 bits per heavy atom. The van der Waals surface area contributed by atoms with Crippen LogP contribution in [0.15, 0.2) is 60.7 Å². The minimum Gasteiger partial charge on any atom is -0.481 e. The predicted octanol–water partition coefficient (Wildman–Crippen LogP) is 1.84. The van der Waals surface area contributed by atoms with Gasteiger partial charge in [0.15, 0.2) is 0 Å². The van der Waals surface area contributed by atoms with Gasteiger partial charge in [-0.1, -0.05) is 74.5 Å². The second-order valence-corrected chi connectivity index (χ2v) is 10.7. The maximum atomic E-state index is 13.1. The number of hydrogen-bond donors (Lipinski definition) is 5. The summed E-state index contributed by atoms with van der Waals surface area (Å²) in [5, 5.41) is 41.3. The maximum absolute atomic E-state index is 13.1. The molecule has 3 rings (SSSR count). The number of aliphatic carboxylic acids is 1. The molecule has 1 saturated heterocycles. The highest BCUT2D eigenvalue weighted by Crippen LogP contribution is 2.44. The first-order chi connectivity index (χ1) is 19.1. The summed E-state index contributed by atoms with van der Waals surface area (Å²) in [5.74, 6) is -8.61. The van der Waals surface area contributed by atoms with Gasteiger partial charge in [0.2, 0.25) is 5.91 Å². The van der Waals surface area contributed by atoms with E-state index in [2.05, 4.69) is 5.32 Å². The van der Waals surface area contributed by atoms with Crippen LogP contribution in [0.25, 0.3) is 0 Å². The fourth-order valence-electron chi connectivity index (χ4n) is 5.35. The molecule has 0 bridgehead atoms. The second-order valence-electron chi connectivity index (χ2n) is 10.7. The molecule has 6 unspecified atom stereocenters. The zero-order chi connectivity index (χ0) is 29.4. The Morgan fingerprint density at radius 1 is 0.875 bits per heavy atom. The first-order valence-corrected chi connectivity index (χ1v) is 13.3. The third-order valence-corrected chi connectivity index (χ3v) is 7.99. The molecule has 10 heteroatoms. The van der Waals surface area contributed by atoms with Gasteiger partial charge in [-0.25, -0.2) is 0 Å². The molecule has 1 heterocycles. The first kappa shape index (κ1) is 30.9. The Kier molecular flexibility index (Phi) is 10.6. The van der Waals surface area contributed by atoms with Gasteiger partial charge in [0.25, 0.3) is 0 Å². The summed E-state index contributed by atoms with van der Waals surface area (Å²) in [6, 6.07) is 18.3. The number of ether oxygens (including phenoxy) is 1. The van der Waals surface area contributed by atoms with Crippen molar-refractivity contribution in [3.05, 3.63) is 71.8 Å². The number of carboxylic acids is 1. The fourth-order valence-corrected chi connectivity index (χ4v) is 5.35. The molecule has 0 aromatic heterocycles. The van der Waals surface area contributed by atoms with Crippen LogP contribution in [0.5, 0.6) is 0 Å². The highest BCUT2D eigenvalue weighted by molar-refractivity contribution is 5.97. The fraction of sp³-hybridized carbons (Fsp3) is 0.467. The number of esters is 2. The SMILES string of the molecule is CC(CC1C(=O)OC(=O)C1C(CC(C(=O)O)C(C)C(=O)NC(CO)(CO)CO)c1ccccc1)c1ccccc1. The van der Waals surface area contributed by atoms with Crippen molar-refractivity contribution in [3.63, 3.8) is 0 Å². The lowest BCUT2D eigenvalue weighted by Gasteiger charge is -2.33. The highest BCUT2D eigenvalue weighted by atomic mass is 16.6. The first-order valence-electron chi connectivity index (χ1n) is 13.3. The summed E-state index contributed by atoms with van der Waals surface area (Å²) >= 11 is 0. The van der Waals surface area contributed by atoms with Crippen molar-refractivity contribution in [2.45, 2.75) is 44.1 Å². The molecule has 2 aromatic rings. The molecule has 1 aliphatic rings. The van der Waals surface area contributed by atoms with E-state index in [4.69, 9.17) is 4.74 Å². The van der Waals surface area contributed by atoms with Gasteiger partial charge in [-0.2, -0.15) is 0 Å². The minimum atomic E-state index is -1.73. The van der Waals surface area contributed by atoms with Crippen LogP contribution in [0.3, 0.4) is 0 Å². The van der Waals surface area contributed by atoms with Crippen molar-refractivity contribution in [2.24, 2.45) is 23.7 Å². The van der Waals surface area contributed by atoms with Gasteiger partial charge in [0, 0.05) is 5.92 Å². The van der Waals surface area contributed by atoms with E-state index in [-0.39, 0.29) is 12.3 Å². The summed E-state index contributed by atoms with van der Waals surface area (Å²) in [4.78, 5) is 51.6. The molecule has 1 fully saturated rings. The number of benzene rings is 2. The van der Waals surface area contributed by atoms with Gasteiger partial charge in [-0.05, 0) is 35.8 Å². The van der Waals surface area contributed by atoms with Gasteiger partial charge in [0.05, 0.1) is 37.6 Å². The van der Waals surface area contributed by atoms with Crippen LogP contribution in [0.2, 0.25) is 0 Å². The molecule has 1 aliphatic heterocycles. The van der Waals surface area contributed by atoms with Crippen molar-refractivity contribution in [1.29, 1.82) is 0 Å². The summed E-state index contributed by atoms with van der Waals surface area (Å²) in [6.07, 6.45) is 0.143. The highest BCUT2D eigenvalue weighted by Gasteiger charge is 2.50. The van der Waals surface area contributed by atoms with Crippen LogP contribution in [-0.2, 0) is 23.9 Å². The standard InChI is InChI=1S/C30H37NO9/c1-18(20-9-5-3-6-10-20)13-24-25(29(39)40-28(24)38)23(21-11-7-4-8-12-21)14-22(27(36)37)19(2)26(35)31-30(15-32,16-33)17-34/h3-12,18-19,22-25,32-34H,13-17H2,1-2H3,(H,31,35)(H,36,37). The van der Waals surface area contributed by atoms with Crippen molar-refractivity contribution < 1.29 is 44.3 Å². The van der Waals surface area contributed by atoms with E-state index in [9.17, 15) is 39.6 Å². The Hall–Kier alpha value is -3.60. The van der Waals surface area contributed by atoms with Crippen LogP contribution in [0, 0.1) is 23.7 Å². The predicted molar refractivity (Wildman–Crippen MR) is 144 cm³/mol. The lowest BCUT2D eigenvalue weighted by atomic mass is 9.70. The van der Waals surface area contributed by atoms with Gasteiger partial charge in [-0.15, -0.1) is 0 Å². The number of carboxylic acid groups (broad SMARTS) is 1. The summed E-state index contributed by atoms with van der Waals surface area (Å²) < 4.78 is 5.10. The van der Waals surface area contributed by atoms with Crippen LogP contribution in [-0.4, -0.2) is 69.6 Å². The Labute approximate surface area is 233 Å². The molecular weight excluding hydrogens is 518 g/mol. The third kappa shape index (κ3) is 6.93.